The van der Waals surface area contributed by atoms with Gasteiger partial charge in [-0.3, -0.25) is 0 Å². The fourth-order valence-corrected chi connectivity index (χ4v) is 2.62. The Morgan fingerprint density at radius 3 is 2.32 bits per heavy atom. The maximum Gasteiger partial charge on any atom is 0.128 e. The Kier molecular flexibility index (Phi) is 3.86. The molecule has 0 fully saturated rings. The Morgan fingerprint density at radius 1 is 1.11 bits per heavy atom. The first-order chi connectivity index (χ1) is 8.97. The van der Waals surface area contributed by atoms with E-state index in [1.807, 2.05) is 13.0 Å². The summed E-state index contributed by atoms with van der Waals surface area (Å²) < 4.78 is 0. The van der Waals surface area contributed by atoms with Crippen molar-refractivity contribution in [1.82, 2.24) is 4.98 Å². The summed E-state index contributed by atoms with van der Waals surface area (Å²) in [6, 6.07) is 8.35. The SMILES string of the molecule is Cc1cc(C)cc(CC(N)c2c(C)ccnc2N)c1. The van der Waals surface area contributed by atoms with Crippen LogP contribution < -0.4 is 11.5 Å². The number of rotatable bonds is 3. The molecular weight excluding hydrogens is 234 g/mol. The van der Waals surface area contributed by atoms with Crippen molar-refractivity contribution in [1.29, 1.82) is 0 Å². The van der Waals surface area contributed by atoms with Crippen molar-refractivity contribution in [2.45, 2.75) is 33.2 Å². The van der Waals surface area contributed by atoms with E-state index in [1.165, 1.54) is 16.7 Å². The zero-order valence-electron chi connectivity index (χ0n) is 11.8. The first-order valence-corrected chi connectivity index (χ1v) is 6.51. The Bertz CT molecular complexity index is 550. The highest BCUT2D eigenvalue weighted by Crippen LogP contribution is 2.24. The van der Waals surface area contributed by atoms with Crippen molar-refractivity contribution < 1.29 is 0 Å². The van der Waals surface area contributed by atoms with E-state index in [2.05, 4.69) is 37.0 Å². The molecule has 100 valence electrons. The zero-order valence-corrected chi connectivity index (χ0v) is 11.8. The van der Waals surface area contributed by atoms with Crippen LogP contribution in [0.25, 0.3) is 0 Å². The molecule has 0 aliphatic rings. The lowest BCUT2D eigenvalue weighted by molar-refractivity contribution is 0.715. The second-order valence-corrected chi connectivity index (χ2v) is 5.23. The summed E-state index contributed by atoms with van der Waals surface area (Å²) in [5.74, 6) is 0.539. The number of hydrogen-bond donors (Lipinski definition) is 2. The summed E-state index contributed by atoms with van der Waals surface area (Å²) in [7, 11) is 0. The van der Waals surface area contributed by atoms with Crippen molar-refractivity contribution in [2.75, 3.05) is 5.73 Å². The first kappa shape index (κ1) is 13.6. The lowest BCUT2D eigenvalue weighted by Gasteiger charge is -2.17. The molecule has 2 rings (SSSR count). The average Bonchev–Trinajstić information content (AvgIpc) is 2.26. The smallest absolute Gasteiger partial charge is 0.128 e. The second-order valence-electron chi connectivity index (χ2n) is 5.23. The molecule has 1 aromatic carbocycles. The van der Waals surface area contributed by atoms with Crippen LogP contribution in [0.3, 0.4) is 0 Å². The Morgan fingerprint density at radius 2 is 1.74 bits per heavy atom. The summed E-state index contributed by atoms with van der Waals surface area (Å²) in [6.07, 6.45) is 2.50. The zero-order chi connectivity index (χ0) is 14.0. The molecule has 0 saturated carbocycles. The van der Waals surface area contributed by atoms with Crippen LogP contribution in [-0.4, -0.2) is 4.98 Å². The summed E-state index contributed by atoms with van der Waals surface area (Å²) >= 11 is 0. The fraction of sp³-hybridized carbons (Fsp3) is 0.312. The average molecular weight is 255 g/mol. The maximum atomic E-state index is 6.31. The van der Waals surface area contributed by atoms with E-state index >= 15 is 0 Å². The van der Waals surface area contributed by atoms with Gasteiger partial charge in [0, 0.05) is 17.8 Å². The van der Waals surface area contributed by atoms with E-state index in [1.54, 1.807) is 6.20 Å². The summed E-state index contributed by atoms with van der Waals surface area (Å²) in [5.41, 5.74) is 18.1. The molecule has 19 heavy (non-hydrogen) atoms. The van der Waals surface area contributed by atoms with E-state index in [9.17, 15) is 0 Å². The van der Waals surface area contributed by atoms with Crippen molar-refractivity contribution in [3.05, 3.63) is 58.3 Å². The maximum absolute atomic E-state index is 6.31. The van der Waals surface area contributed by atoms with Crippen LogP contribution in [0.2, 0.25) is 0 Å². The Labute approximate surface area is 114 Å². The van der Waals surface area contributed by atoms with Gasteiger partial charge in [-0.25, -0.2) is 4.98 Å². The molecular formula is C16H21N3. The van der Waals surface area contributed by atoms with Crippen molar-refractivity contribution >= 4 is 5.82 Å². The van der Waals surface area contributed by atoms with E-state index < -0.39 is 0 Å². The Hall–Kier alpha value is -1.87. The second kappa shape index (κ2) is 5.41. The molecule has 0 aliphatic heterocycles. The van der Waals surface area contributed by atoms with Gasteiger partial charge in [-0.05, 0) is 44.4 Å². The van der Waals surface area contributed by atoms with Crippen LogP contribution >= 0.6 is 0 Å². The molecule has 0 radical (unpaired) electrons. The molecule has 0 spiro atoms. The van der Waals surface area contributed by atoms with Gasteiger partial charge in [-0.1, -0.05) is 29.3 Å². The number of aryl methyl sites for hydroxylation is 3. The molecule has 1 unspecified atom stereocenters. The number of nitrogens with zero attached hydrogens (tertiary/aromatic N) is 1. The third-order valence-electron chi connectivity index (χ3n) is 3.35. The molecule has 1 atom stereocenters. The van der Waals surface area contributed by atoms with E-state index in [0.717, 1.165) is 17.5 Å². The molecule has 0 saturated heterocycles. The van der Waals surface area contributed by atoms with E-state index in [4.69, 9.17) is 11.5 Å². The van der Waals surface area contributed by atoms with Crippen molar-refractivity contribution in [3.8, 4) is 0 Å². The normalized spacial score (nSPS) is 12.4. The minimum absolute atomic E-state index is 0.116. The van der Waals surface area contributed by atoms with Gasteiger partial charge in [-0.15, -0.1) is 0 Å². The predicted molar refractivity (Wildman–Crippen MR) is 79.9 cm³/mol. The molecule has 4 N–H and O–H groups in total. The van der Waals surface area contributed by atoms with E-state index in [-0.39, 0.29) is 6.04 Å². The van der Waals surface area contributed by atoms with Crippen molar-refractivity contribution in [3.63, 3.8) is 0 Å². The number of benzene rings is 1. The number of pyridine rings is 1. The minimum Gasteiger partial charge on any atom is -0.383 e. The van der Waals surface area contributed by atoms with Gasteiger partial charge in [0.25, 0.3) is 0 Å². The highest BCUT2D eigenvalue weighted by Gasteiger charge is 2.14. The molecule has 1 heterocycles. The molecule has 0 bridgehead atoms. The quantitative estimate of drug-likeness (QED) is 0.886. The number of nitrogen functional groups attached to an aromatic ring is 1. The summed E-state index contributed by atoms with van der Waals surface area (Å²) in [5, 5.41) is 0. The van der Waals surface area contributed by atoms with Crippen LogP contribution in [0.4, 0.5) is 5.82 Å². The monoisotopic (exact) mass is 255 g/mol. The van der Waals surface area contributed by atoms with Crippen LogP contribution in [-0.2, 0) is 6.42 Å². The van der Waals surface area contributed by atoms with Gasteiger partial charge < -0.3 is 11.5 Å². The van der Waals surface area contributed by atoms with Gasteiger partial charge in [-0.2, -0.15) is 0 Å². The Balaban J connectivity index is 2.28. The fourth-order valence-electron chi connectivity index (χ4n) is 2.62. The van der Waals surface area contributed by atoms with Gasteiger partial charge >= 0.3 is 0 Å². The van der Waals surface area contributed by atoms with Crippen LogP contribution in [0.5, 0.6) is 0 Å². The largest absolute Gasteiger partial charge is 0.383 e. The molecule has 0 amide bonds. The third kappa shape index (κ3) is 3.12. The minimum atomic E-state index is -0.116. The molecule has 0 aliphatic carbocycles. The molecule has 3 nitrogen and oxygen atoms in total. The standard InChI is InChI=1S/C16H21N3/c1-10-6-11(2)8-13(7-10)9-14(17)15-12(3)4-5-19-16(15)18/h4-8,14H,9,17H2,1-3H3,(H2,18,19). The molecule has 1 aromatic heterocycles. The number of anilines is 1. The highest BCUT2D eigenvalue weighted by atomic mass is 14.8. The first-order valence-electron chi connectivity index (χ1n) is 6.51. The highest BCUT2D eigenvalue weighted by molar-refractivity contribution is 5.46. The predicted octanol–water partition coefficient (Wildman–Crippen LogP) is 2.83. The number of hydrogen-bond acceptors (Lipinski definition) is 3. The van der Waals surface area contributed by atoms with E-state index in [0.29, 0.717) is 5.82 Å². The van der Waals surface area contributed by atoms with Gasteiger partial charge in [0.15, 0.2) is 0 Å². The van der Waals surface area contributed by atoms with Crippen LogP contribution in [0.1, 0.15) is 33.9 Å². The van der Waals surface area contributed by atoms with Gasteiger partial charge in [0.2, 0.25) is 0 Å². The lowest BCUT2D eigenvalue weighted by atomic mass is 9.95. The summed E-state index contributed by atoms with van der Waals surface area (Å²) in [6.45, 7) is 6.23. The van der Waals surface area contributed by atoms with Crippen molar-refractivity contribution in [2.24, 2.45) is 5.73 Å². The third-order valence-corrected chi connectivity index (χ3v) is 3.35. The lowest BCUT2D eigenvalue weighted by Crippen LogP contribution is -2.17. The molecule has 2 aromatic rings. The topological polar surface area (TPSA) is 64.9 Å². The van der Waals surface area contributed by atoms with Crippen LogP contribution in [0, 0.1) is 20.8 Å². The van der Waals surface area contributed by atoms with Crippen LogP contribution in [0.15, 0.2) is 30.5 Å². The van der Waals surface area contributed by atoms with Gasteiger partial charge in [0.1, 0.15) is 5.82 Å². The molecule has 3 heteroatoms. The number of nitrogens with two attached hydrogens (primary N) is 2. The van der Waals surface area contributed by atoms with Gasteiger partial charge in [0.05, 0.1) is 0 Å². The summed E-state index contributed by atoms with van der Waals surface area (Å²) in [4.78, 5) is 4.14. The number of aromatic nitrogens is 1.